The number of sulfonamides is 1. The van der Waals surface area contributed by atoms with Crippen LogP contribution >= 0.6 is 0 Å². The van der Waals surface area contributed by atoms with Crippen molar-refractivity contribution in [3.8, 4) is 0 Å². The standard InChI is InChI=1S/C20H24N2O3S/c1-3-21(4-2)20(23)17-10-7-12-18(15-17)26(24,25)22-14-8-11-16-9-5-6-13-19(16)22/h5-7,9-10,12-13,15H,3-4,8,11,14H2,1-2H3. The predicted octanol–water partition coefficient (Wildman–Crippen LogP) is 3.31. The van der Waals surface area contributed by atoms with Gasteiger partial charge in [0.2, 0.25) is 0 Å². The van der Waals surface area contributed by atoms with Crippen LogP contribution in [0, 0.1) is 0 Å². The molecule has 26 heavy (non-hydrogen) atoms. The smallest absolute Gasteiger partial charge is 0.264 e. The minimum Gasteiger partial charge on any atom is -0.339 e. The summed E-state index contributed by atoms with van der Waals surface area (Å²) in [6, 6.07) is 14.0. The van der Waals surface area contributed by atoms with Gasteiger partial charge in [0.25, 0.3) is 15.9 Å². The van der Waals surface area contributed by atoms with E-state index in [0.29, 0.717) is 25.2 Å². The van der Waals surface area contributed by atoms with Crippen molar-refractivity contribution in [1.82, 2.24) is 4.90 Å². The number of benzene rings is 2. The van der Waals surface area contributed by atoms with E-state index in [-0.39, 0.29) is 10.8 Å². The Morgan fingerprint density at radius 1 is 1.08 bits per heavy atom. The zero-order valence-electron chi connectivity index (χ0n) is 15.2. The molecule has 3 rings (SSSR count). The molecule has 6 heteroatoms. The summed E-state index contributed by atoms with van der Waals surface area (Å²) >= 11 is 0. The first-order valence-corrected chi connectivity index (χ1v) is 10.4. The van der Waals surface area contributed by atoms with E-state index in [1.165, 1.54) is 10.4 Å². The first kappa shape index (κ1) is 18.5. The molecule has 0 aromatic heterocycles. The molecule has 0 N–H and O–H groups in total. The zero-order valence-corrected chi connectivity index (χ0v) is 16.0. The number of para-hydroxylation sites is 1. The van der Waals surface area contributed by atoms with E-state index in [4.69, 9.17) is 0 Å². The number of fused-ring (bicyclic) bond motifs is 1. The summed E-state index contributed by atoms with van der Waals surface area (Å²) in [5.74, 6) is -0.147. The van der Waals surface area contributed by atoms with E-state index in [1.54, 1.807) is 23.1 Å². The van der Waals surface area contributed by atoms with Gasteiger partial charge >= 0.3 is 0 Å². The van der Waals surface area contributed by atoms with Gasteiger partial charge in [-0.15, -0.1) is 0 Å². The molecular formula is C20H24N2O3S. The van der Waals surface area contributed by atoms with E-state index >= 15 is 0 Å². The summed E-state index contributed by atoms with van der Waals surface area (Å²) in [6.45, 7) is 5.45. The fraction of sp³-hybridized carbons (Fsp3) is 0.350. The number of aryl methyl sites for hydroxylation is 1. The minimum atomic E-state index is -3.71. The van der Waals surface area contributed by atoms with Crippen LogP contribution in [0.15, 0.2) is 53.4 Å². The van der Waals surface area contributed by atoms with Crippen molar-refractivity contribution in [2.24, 2.45) is 0 Å². The van der Waals surface area contributed by atoms with Gasteiger partial charge in [-0.2, -0.15) is 0 Å². The van der Waals surface area contributed by atoms with Gasteiger partial charge in [-0.1, -0.05) is 24.3 Å². The van der Waals surface area contributed by atoms with Crippen molar-refractivity contribution in [3.05, 3.63) is 59.7 Å². The second kappa shape index (κ2) is 7.50. The minimum absolute atomic E-state index is 0.147. The van der Waals surface area contributed by atoms with Crippen LogP contribution in [0.1, 0.15) is 36.2 Å². The summed E-state index contributed by atoms with van der Waals surface area (Å²) in [7, 11) is -3.71. The van der Waals surface area contributed by atoms with Gasteiger partial charge in [0.15, 0.2) is 0 Å². The lowest BCUT2D eigenvalue weighted by Crippen LogP contribution is -2.35. The maximum absolute atomic E-state index is 13.2. The molecule has 5 nitrogen and oxygen atoms in total. The van der Waals surface area contributed by atoms with Gasteiger partial charge in [-0.3, -0.25) is 9.10 Å². The largest absolute Gasteiger partial charge is 0.339 e. The average Bonchev–Trinajstić information content (AvgIpc) is 2.68. The van der Waals surface area contributed by atoms with Crippen molar-refractivity contribution in [2.75, 3.05) is 23.9 Å². The van der Waals surface area contributed by atoms with E-state index < -0.39 is 10.0 Å². The highest BCUT2D eigenvalue weighted by Crippen LogP contribution is 2.32. The molecule has 1 aliphatic rings. The van der Waals surface area contributed by atoms with E-state index in [9.17, 15) is 13.2 Å². The quantitative estimate of drug-likeness (QED) is 0.809. The Labute approximate surface area is 155 Å². The number of amides is 1. The van der Waals surface area contributed by atoms with Gasteiger partial charge in [0.1, 0.15) is 0 Å². The lowest BCUT2D eigenvalue weighted by Gasteiger charge is -2.30. The van der Waals surface area contributed by atoms with Crippen molar-refractivity contribution in [1.29, 1.82) is 0 Å². The third-order valence-electron chi connectivity index (χ3n) is 4.79. The van der Waals surface area contributed by atoms with Crippen LogP contribution in [0.3, 0.4) is 0 Å². The first-order chi connectivity index (χ1) is 12.5. The summed E-state index contributed by atoms with van der Waals surface area (Å²) in [6.07, 6.45) is 1.66. The SMILES string of the molecule is CCN(CC)C(=O)c1cccc(S(=O)(=O)N2CCCc3ccccc32)c1. The van der Waals surface area contributed by atoms with Crippen LogP contribution in [-0.2, 0) is 16.4 Å². The van der Waals surface area contributed by atoms with Crippen LogP contribution in [0.4, 0.5) is 5.69 Å². The molecule has 138 valence electrons. The molecule has 0 spiro atoms. The summed E-state index contributed by atoms with van der Waals surface area (Å²) in [4.78, 5) is 14.4. The van der Waals surface area contributed by atoms with Crippen LogP contribution < -0.4 is 4.31 Å². The average molecular weight is 372 g/mol. The molecular weight excluding hydrogens is 348 g/mol. The molecule has 1 aliphatic heterocycles. The second-order valence-corrected chi connectivity index (χ2v) is 8.18. The van der Waals surface area contributed by atoms with E-state index in [1.807, 2.05) is 38.1 Å². The van der Waals surface area contributed by atoms with Gasteiger partial charge < -0.3 is 4.90 Å². The van der Waals surface area contributed by atoms with E-state index in [0.717, 1.165) is 24.1 Å². The highest BCUT2D eigenvalue weighted by Gasteiger charge is 2.29. The molecule has 1 heterocycles. The Morgan fingerprint density at radius 3 is 2.54 bits per heavy atom. The number of hydrogen-bond acceptors (Lipinski definition) is 3. The first-order valence-electron chi connectivity index (χ1n) is 8.99. The molecule has 0 unspecified atom stereocenters. The van der Waals surface area contributed by atoms with Crippen LogP contribution in [0.25, 0.3) is 0 Å². The van der Waals surface area contributed by atoms with Crippen molar-refractivity contribution in [3.63, 3.8) is 0 Å². The fourth-order valence-corrected chi connectivity index (χ4v) is 4.95. The summed E-state index contributed by atoms with van der Waals surface area (Å²) in [5, 5.41) is 0. The number of carbonyl (C=O) groups excluding carboxylic acids is 1. The normalized spacial score (nSPS) is 14.0. The number of anilines is 1. The van der Waals surface area contributed by atoms with Crippen molar-refractivity contribution < 1.29 is 13.2 Å². The Kier molecular flexibility index (Phi) is 5.32. The van der Waals surface area contributed by atoms with Gasteiger partial charge in [0, 0.05) is 25.2 Å². The zero-order chi connectivity index (χ0) is 18.7. The Bertz CT molecular complexity index is 905. The molecule has 0 aliphatic carbocycles. The van der Waals surface area contributed by atoms with Crippen LogP contribution in [-0.4, -0.2) is 38.9 Å². The highest BCUT2D eigenvalue weighted by molar-refractivity contribution is 7.92. The molecule has 1 amide bonds. The number of carbonyl (C=O) groups is 1. The Morgan fingerprint density at radius 2 is 1.81 bits per heavy atom. The Balaban J connectivity index is 1.99. The van der Waals surface area contributed by atoms with E-state index in [2.05, 4.69) is 0 Å². The molecule has 0 atom stereocenters. The number of hydrogen-bond donors (Lipinski definition) is 0. The van der Waals surface area contributed by atoms with Gasteiger partial charge in [-0.05, 0) is 56.5 Å². The third-order valence-corrected chi connectivity index (χ3v) is 6.60. The molecule has 0 bridgehead atoms. The lowest BCUT2D eigenvalue weighted by molar-refractivity contribution is 0.0772. The second-order valence-electron chi connectivity index (χ2n) is 6.31. The van der Waals surface area contributed by atoms with Gasteiger partial charge in [0.05, 0.1) is 10.6 Å². The maximum atomic E-state index is 13.2. The highest BCUT2D eigenvalue weighted by atomic mass is 32.2. The Hall–Kier alpha value is -2.34. The maximum Gasteiger partial charge on any atom is 0.264 e. The molecule has 0 radical (unpaired) electrons. The predicted molar refractivity (Wildman–Crippen MR) is 103 cm³/mol. The number of rotatable bonds is 5. The van der Waals surface area contributed by atoms with Crippen molar-refractivity contribution >= 4 is 21.6 Å². The molecule has 2 aromatic rings. The van der Waals surface area contributed by atoms with Crippen LogP contribution in [0.2, 0.25) is 0 Å². The molecule has 0 fully saturated rings. The molecule has 2 aromatic carbocycles. The monoisotopic (exact) mass is 372 g/mol. The topological polar surface area (TPSA) is 57.7 Å². The fourth-order valence-electron chi connectivity index (χ4n) is 3.36. The lowest BCUT2D eigenvalue weighted by atomic mass is 10.0. The molecule has 0 saturated carbocycles. The molecule has 0 saturated heterocycles. The van der Waals surface area contributed by atoms with Gasteiger partial charge in [-0.25, -0.2) is 8.42 Å². The number of nitrogens with zero attached hydrogens (tertiary/aromatic N) is 2. The van der Waals surface area contributed by atoms with Crippen LogP contribution in [0.5, 0.6) is 0 Å². The van der Waals surface area contributed by atoms with Crippen molar-refractivity contribution in [2.45, 2.75) is 31.6 Å². The summed E-state index contributed by atoms with van der Waals surface area (Å²) < 4.78 is 27.9. The third kappa shape index (κ3) is 3.33. The summed E-state index contributed by atoms with van der Waals surface area (Å²) in [5.41, 5.74) is 2.18.